The highest BCUT2D eigenvalue weighted by Gasteiger charge is 2.40. The van der Waals surface area contributed by atoms with Crippen molar-refractivity contribution in [2.45, 2.75) is 18.9 Å². The van der Waals surface area contributed by atoms with Gasteiger partial charge in [0.15, 0.2) is 14.9 Å². The smallest absolute Gasteiger partial charge is 0.228 e. The fraction of sp³-hybridized carbons (Fsp3) is 1.00. The van der Waals surface area contributed by atoms with Gasteiger partial charge in [-0.1, -0.05) is 0 Å². The predicted octanol–water partition coefficient (Wildman–Crippen LogP) is -0.998. The maximum Gasteiger partial charge on any atom is 0.228 e. The van der Waals surface area contributed by atoms with Gasteiger partial charge in [0.2, 0.25) is 10.0 Å². The molecule has 0 aromatic heterocycles. The van der Waals surface area contributed by atoms with E-state index in [1.807, 2.05) is 0 Å². The summed E-state index contributed by atoms with van der Waals surface area (Å²) in [7, 11) is -7.17. The van der Waals surface area contributed by atoms with Gasteiger partial charge in [0.1, 0.15) is 0 Å². The standard InChI is InChI=1S/C9H18N2O4S2/c1-16(12,13)7-17(14,15)11-5-8-3-2-4-10-9(8)6-11/h8-10H,2-7H2,1H3/t8-,9+/m0/s1. The molecule has 8 heteroatoms. The molecule has 0 aliphatic carbocycles. The number of fused-ring (bicyclic) bond motifs is 1. The van der Waals surface area contributed by atoms with E-state index in [4.69, 9.17) is 0 Å². The molecule has 2 aliphatic rings. The zero-order valence-electron chi connectivity index (χ0n) is 9.79. The van der Waals surface area contributed by atoms with Crippen LogP contribution in [-0.4, -0.2) is 58.2 Å². The molecule has 0 spiro atoms. The Kier molecular flexibility index (Phi) is 3.50. The molecule has 0 radical (unpaired) electrons. The normalized spacial score (nSPS) is 31.4. The van der Waals surface area contributed by atoms with Crippen LogP contribution in [0.2, 0.25) is 0 Å². The molecule has 6 nitrogen and oxygen atoms in total. The average molecular weight is 282 g/mol. The third-order valence-electron chi connectivity index (χ3n) is 3.32. The van der Waals surface area contributed by atoms with Crippen LogP contribution in [0, 0.1) is 5.92 Å². The van der Waals surface area contributed by atoms with E-state index in [0.717, 1.165) is 25.6 Å². The van der Waals surface area contributed by atoms with E-state index in [9.17, 15) is 16.8 Å². The van der Waals surface area contributed by atoms with Crippen molar-refractivity contribution in [3.8, 4) is 0 Å². The van der Waals surface area contributed by atoms with Crippen molar-refractivity contribution in [2.75, 3.05) is 31.0 Å². The molecule has 2 atom stereocenters. The van der Waals surface area contributed by atoms with E-state index >= 15 is 0 Å². The van der Waals surface area contributed by atoms with Crippen LogP contribution >= 0.6 is 0 Å². The lowest BCUT2D eigenvalue weighted by Crippen LogP contribution is -2.41. The Bertz CT molecular complexity index is 471. The van der Waals surface area contributed by atoms with Crippen LogP contribution in [0.5, 0.6) is 0 Å². The number of hydrogen-bond acceptors (Lipinski definition) is 5. The van der Waals surface area contributed by atoms with Gasteiger partial charge in [-0.3, -0.25) is 0 Å². The minimum absolute atomic E-state index is 0.193. The summed E-state index contributed by atoms with van der Waals surface area (Å²) in [4.78, 5) is 0. The van der Waals surface area contributed by atoms with E-state index in [2.05, 4.69) is 5.32 Å². The first-order chi connectivity index (χ1) is 7.78. The van der Waals surface area contributed by atoms with Gasteiger partial charge in [-0.25, -0.2) is 16.8 Å². The second-order valence-electron chi connectivity index (χ2n) is 4.94. The van der Waals surface area contributed by atoms with Crippen molar-refractivity contribution < 1.29 is 16.8 Å². The van der Waals surface area contributed by atoms with Crippen LogP contribution in [0.25, 0.3) is 0 Å². The van der Waals surface area contributed by atoms with Crippen LogP contribution in [-0.2, 0) is 19.9 Å². The fourth-order valence-electron chi connectivity index (χ4n) is 2.58. The number of piperidine rings is 1. The summed E-state index contributed by atoms with van der Waals surface area (Å²) in [6, 6.07) is 0.193. The summed E-state index contributed by atoms with van der Waals surface area (Å²) in [5, 5.41) is 2.51. The monoisotopic (exact) mass is 282 g/mol. The minimum Gasteiger partial charge on any atom is -0.312 e. The lowest BCUT2D eigenvalue weighted by Gasteiger charge is -2.24. The molecule has 2 fully saturated rings. The SMILES string of the molecule is CS(=O)(=O)CS(=O)(=O)N1C[C@@H]2CCCN[C@@H]2C1. The first-order valence-corrected chi connectivity index (χ1v) is 9.34. The van der Waals surface area contributed by atoms with Crippen molar-refractivity contribution >= 4 is 19.9 Å². The van der Waals surface area contributed by atoms with Crippen LogP contribution in [0.1, 0.15) is 12.8 Å². The summed E-state index contributed by atoms with van der Waals surface area (Å²) in [6.07, 6.45) is 3.02. The van der Waals surface area contributed by atoms with Crippen molar-refractivity contribution in [2.24, 2.45) is 5.92 Å². The molecule has 100 valence electrons. The van der Waals surface area contributed by atoms with Gasteiger partial charge in [0.25, 0.3) is 0 Å². The Labute approximate surface area is 102 Å². The molecule has 0 bridgehead atoms. The summed E-state index contributed by atoms with van der Waals surface area (Å²) >= 11 is 0. The third-order valence-corrected chi connectivity index (χ3v) is 7.31. The van der Waals surface area contributed by atoms with Gasteiger partial charge in [0.05, 0.1) is 0 Å². The zero-order chi connectivity index (χ0) is 12.7. The number of hydrogen-bond donors (Lipinski definition) is 1. The molecular weight excluding hydrogens is 264 g/mol. The summed E-state index contributed by atoms with van der Waals surface area (Å²) in [5.41, 5.74) is 0. The Morgan fingerprint density at radius 1 is 1.24 bits per heavy atom. The molecule has 2 aliphatic heterocycles. The molecule has 0 amide bonds. The molecule has 2 saturated heterocycles. The zero-order valence-corrected chi connectivity index (χ0v) is 11.4. The van der Waals surface area contributed by atoms with E-state index in [1.54, 1.807) is 0 Å². The largest absolute Gasteiger partial charge is 0.312 e. The molecule has 0 unspecified atom stereocenters. The molecule has 1 N–H and O–H groups in total. The maximum atomic E-state index is 11.9. The highest BCUT2D eigenvalue weighted by atomic mass is 32.3. The third kappa shape index (κ3) is 3.18. The van der Waals surface area contributed by atoms with E-state index in [1.165, 1.54) is 4.31 Å². The first-order valence-electron chi connectivity index (χ1n) is 5.67. The van der Waals surface area contributed by atoms with Crippen molar-refractivity contribution in [3.63, 3.8) is 0 Å². The molecule has 17 heavy (non-hydrogen) atoms. The lowest BCUT2D eigenvalue weighted by molar-refractivity contribution is 0.339. The minimum atomic E-state index is -3.67. The molecule has 2 rings (SSSR count). The number of rotatable bonds is 3. The first kappa shape index (κ1) is 13.3. The Balaban J connectivity index is 2.09. The Morgan fingerprint density at radius 2 is 1.94 bits per heavy atom. The Morgan fingerprint density at radius 3 is 2.53 bits per heavy atom. The van der Waals surface area contributed by atoms with Gasteiger partial charge in [-0.15, -0.1) is 0 Å². The lowest BCUT2D eigenvalue weighted by atomic mass is 9.94. The molecular formula is C9H18N2O4S2. The van der Waals surface area contributed by atoms with Crippen molar-refractivity contribution in [3.05, 3.63) is 0 Å². The highest BCUT2D eigenvalue weighted by Crippen LogP contribution is 2.27. The maximum absolute atomic E-state index is 11.9. The number of nitrogens with zero attached hydrogens (tertiary/aromatic N) is 1. The number of nitrogens with one attached hydrogen (secondary N) is 1. The van der Waals surface area contributed by atoms with Crippen molar-refractivity contribution in [1.29, 1.82) is 0 Å². The van der Waals surface area contributed by atoms with Gasteiger partial charge in [0, 0.05) is 25.4 Å². The summed E-state index contributed by atoms with van der Waals surface area (Å²) in [5.74, 6) is 0.332. The summed E-state index contributed by atoms with van der Waals surface area (Å²) < 4.78 is 47.3. The van der Waals surface area contributed by atoms with Crippen LogP contribution in [0.4, 0.5) is 0 Å². The quantitative estimate of drug-likeness (QED) is 0.718. The predicted molar refractivity (Wildman–Crippen MR) is 64.7 cm³/mol. The second-order valence-corrected chi connectivity index (χ2v) is 9.41. The van der Waals surface area contributed by atoms with E-state index in [0.29, 0.717) is 19.0 Å². The average Bonchev–Trinajstić information content (AvgIpc) is 2.57. The van der Waals surface area contributed by atoms with Crippen molar-refractivity contribution in [1.82, 2.24) is 9.62 Å². The molecule has 0 saturated carbocycles. The second kappa shape index (κ2) is 4.49. The summed E-state index contributed by atoms with van der Waals surface area (Å²) in [6.45, 7) is 1.78. The van der Waals surface area contributed by atoms with E-state index < -0.39 is 24.9 Å². The molecule has 2 heterocycles. The Hall–Kier alpha value is -0.180. The number of sulfonamides is 1. The highest BCUT2D eigenvalue weighted by molar-refractivity contribution is 8.06. The van der Waals surface area contributed by atoms with Gasteiger partial charge < -0.3 is 5.32 Å². The van der Waals surface area contributed by atoms with Gasteiger partial charge in [-0.05, 0) is 25.3 Å². The fourth-order valence-corrected chi connectivity index (χ4v) is 6.15. The van der Waals surface area contributed by atoms with E-state index in [-0.39, 0.29) is 6.04 Å². The van der Waals surface area contributed by atoms with Gasteiger partial charge in [-0.2, -0.15) is 4.31 Å². The topological polar surface area (TPSA) is 83.5 Å². The molecule has 0 aromatic rings. The van der Waals surface area contributed by atoms with Crippen LogP contribution in [0.15, 0.2) is 0 Å². The molecule has 0 aromatic carbocycles. The number of sulfone groups is 1. The van der Waals surface area contributed by atoms with Crippen LogP contribution in [0.3, 0.4) is 0 Å². The van der Waals surface area contributed by atoms with Gasteiger partial charge >= 0.3 is 0 Å². The van der Waals surface area contributed by atoms with Crippen LogP contribution < -0.4 is 5.32 Å².